The van der Waals surface area contributed by atoms with Crippen molar-refractivity contribution in [1.29, 1.82) is 0 Å². The molecule has 2 aromatic rings. The zero-order chi connectivity index (χ0) is 18.3. The highest BCUT2D eigenvalue weighted by molar-refractivity contribution is 8.04. The quantitative estimate of drug-likeness (QED) is 0.796. The summed E-state index contributed by atoms with van der Waals surface area (Å²) in [6, 6.07) is 11.8. The third-order valence-electron chi connectivity index (χ3n) is 4.24. The molecule has 2 aliphatic heterocycles. The molecule has 2 N–H and O–H groups in total. The van der Waals surface area contributed by atoms with Crippen LogP contribution in [0.5, 0.6) is 5.75 Å². The number of Topliss-reactive ketones (excluding diaryl/α,β-unsaturated/α-hetero) is 1. The Labute approximate surface area is 153 Å². The lowest BCUT2D eigenvalue weighted by atomic mass is 10.1. The number of ketones is 1. The lowest BCUT2D eigenvalue weighted by Crippen LogP contribution is -2.05. The first-order valence-corrected chi connectivity index (χ1v) is 8.81. The lowest BCUT2D eigenvalue weighted by molar-refractivity contribution is 0.0693. The molecule has 6 heteroatoms. The SMILES string of the molecule is O=C(O)c1cc(C2=CCC(/C=C3/Sc4ccccc4C3=O)O2)ccc1O. The summed E-state index contributed by atoms with van der Waals surface area (Å²) in [5.74, 6) is -0.945. The number of thioether (sulfide) groups is 1. The van der Waals surface area contributed by atoms with Crippen molar-refractivity contribution in [2.75, 3.05) is 0 Å². The number of phenols is 1. The predicted octanol–water partition coefficient (Wildman–Crippen LogP) is 4.09. The Morgan fingerprint density at radius 3 is 2.81 bits per heavy atom. The van der Waals surface area contributed by atoms with E-state index in [1.165, 1.54) is 23.9 Å². The molecule has 1 atom stereocenters. The smallest absolute Gasteiger partial charge is 0.339 e. The van der Waals surface area contributed by atoms with Gasteiger partial charge in [0.2, 0.25) is 5.78 Å². The van der Waals surface area contributed by atoms with Crippen molar-refractivity contribution >= 4 is 29.3 Å². The fourth-order valence-electron chi connectivity index (χ4n) is 2.95. The first-order valence-electron chi connectivity index (χ1n) is 8.00. The number of hydrogen-bond donors (Lipinski definition) is 2. The maximum Gasteiger partial charge on any atom is 0.339 e. The summed E-state index contributed by atoms with van der Waals surface area (Å²) in [6.07, 6.45) is 3.98. The number of fused-ring (bicyclic) bond motifs is 1. The molecule has 2 aromatic carbocycles. The number of carbonyl (C=O) groups excluding carboxylic acids is 1. The second-order valence-corrected chi connectivity index (χ2v) is 7.04. The second-order valence-electron chi connectivity index (χ2n) is 5.96. The summed E-state index contributed by atoms with van der Waals surface area (Å²) in [7, 11) is 0. The van der Waals surface area contributed by atoms with Gasteiger partial charge in [-0.1, -0.05) is 23.9 Å². The number of carboxylic acids is 1. The second kappa shape index (κ2) is 6.38. The van der Waals surface area contributed by atoms with Crippen molar-refractivity contribution in [1.82, 2.24) is 0 Å². The Bertz CT molecular complexity index is 989. The number of rotatable bonds is 3. The van der Waals surface area contributed by atoms with Crippen LogP contribution >= 0.6 is 11.8 Å². The molecule has 1 unspecified atom stereocenters. The monoisotopic (exact) mass is 366 g/mol. The van der Waals surface area contributed by atoms with E-state index in [9.17, 15) is 14.7 Å². The van der Waals surface area contributed by atoms with Gasteiger partial charge in [0.1, 0.15) is 23.2 Å². The number of carbonyl (C=O) groups is 2. The first kappa shape index (κ1) is 16.5. The Morgan fingerprint density at radius 2 is 2.04 bits per heavy atom. The number of hydrogen-bond acceptors (Lipinski definition) is 5. The average molecular weight is 366 g/mol. The van der Waals surface area contributed by atoms with Gasteiger partial charge >= 0.3 is 5.97 Å². The van der Waals surface area contributed by atoms with Crippen LogP contribution in [-0.2, 0) is 4.74 Å². The van der Waals surface area contributed by atoms with Gasteiger partial charge in [0, 0.05) is 22.4 Å². The van der Waals surface area contributed by atoms with E-state index in [0.29, 0.717) is 28.2 Å². The number of aromatic hydroxyl groups is 1. The number of aromatic carboxylic acids is 1. The van der Waals surface area contributed by atoms with E-state index in [2.05, 4.69) is 0 Å². The fraction of sp³-hybridized carbons (Fsp3) is 0.100. The van der Waals surface area contributed by atoms with Gasteiger partial charge in [-0.15, -0.1) is 0 Å². The van der Waals surface area contributed by atoms with Crippen molar-refractivity contribution < 1.29 is 24.5 Å². The summed E-state index contributed by atoms with van der Waals surface area (Å²) >= 11 is 1.43. The van der Waals surface area contributed by atoms with Crippen LogP contribution in [0.3, 0.4) is 0 Å². The fourth-order valence-corrected chi connectivity index (χ4v) is 4.03. The highest BCUT2D eigenvalue weighted by Gasteiger charge is 2.28. The molecule has 4 rings (SSSR count). The highest BCUT2D eigenvalue weighted by atomic mass is 32.2. The minimum absolute atomic E-state index is 0.000414. The minimum atomic E-state index is -1.20. The Morgan fingerprint density at radius 1 is 1.23 bits per heavy atom. The molecule has 2 heterocycles. The largest absolute Gasteiger partial charge is 0.507 e. The molecule has 0 aliphatic carbocycles. The third kappa shape index (κ3) is 2.88. The van der Waals surface area contributed by atoms with Crippen LogP contribution in [0.25, 0.3) is 5.76 Å². The molecule has 0 amide bonds. The number of ether oxygens (including phenoxy) is 1. The molecule has 130 valence electrons. The third-order valence-corrected chi connectivity index (χ3v) is 5.36. The van der Waals surface area contributed by atoms with E-state index in [1.54, 1.807) is 6.07 Å². The molecule has 26 heavy (non-hydrogen) atoms. The molecule has 0 bridgehead atoms. The van der Waals surface area contributed by atoms with Crippen molar-refractivity contribution in [3.63, 3.8) is 0 Å². The molecule has 5 nitrogen and oxygen atoms in total. The van der Waals surface area contributed by atoms with E-state index in [-0.39, 0.29) is 23.2 Å². The normalized spacial score (nSPS) is 20.0. The maximum atomic E-state index is 12.4. The van der Waals surface area contributed by atoms with Crippen LogP contribution in [0.15, 0.2) is 64.4 Å². The van der Waals surface area contributed by atoms with E-state index < -0.39 is 5.97 Å². The molecule has 2 aliphatic rings. The van der Waals surface area contributed by atoms with Crippen LogP contribution in [0, 0.1) is 0 Å². The van der Waals surface area contributed by atoms with Gasteiger partial charge in [-0.05, 0) is 42.5 Å². The summed E-state index contributed by atoms with van der Waals surface area (Å²) in [5, 5.41) is 18.7. The molecule has 0 spiro atoms. The molecular weight excluding hydrogens is 352 g/mol. The van der Waals surface area contributed by atoms with E-state index in [4.69, 9.17) is 9.84 Å². The Balaban J connectivity index is 1.52. The maximum absolute atomic E-state index is 12.4. The van der Waals surface area contributed by atoms with E-state index in [1.807, 2.05) is 36.4 Å². The molecule has 0 radical (unpaired) electrons. The van der Waals surface area contributed by atoms with Crippen LogP contribution in [0.4, 0.5) is 0 Å². The zero-order valence-corrected chi connectivity index (χ0v) is 14.3. The summed E-state index contributed by atoms with van der Waals surface area (Å²) in [5.41, 5.74) is 1.11. The van der Waals surface area contributed by atoms with E-state index >= 15 is 0 Å². The van der Waals surface area contributed by atoms with Crippen molar-refractivity contribution in [2.24, 2.45) is 0 Å². The number of benzene rings is 2. The molecule has 0 saturated heterocycles. The first-order chi connectivity index (χ1) is 12.5. The van der Waals surface area contributed by atoms with Gasteiger partial charge in [0.05, 0.1) is 4.91 Å². The van der Waals surface area contributed by atoms with Gasteiger partial charge in [0.25, 0.3) is 0 Å². The topological polar surface area (TPSA) is 83.8 Å². The van der Waals surface area contributed by atoms with Crippen molar-refractivity contribution in [3.8, 4) is 5.75 Å². The van der Waals surface area contributed by atoms with Crippen LogP contribution in [0.1, 0.15) is 32.7 Å². The Kier molecular flexibility index (Phi) is 4.05. The summed E-state index contributed by atoms with van der Waals surface area (Å²) in [4.78, 5) is 25.2. The van der Waals surface area contributed by atoms with Gasteiger partial charge in [-0.3, -0.25) is 4.79 Å². The van der Waals surface area contributed by atoms with Gasteiger partial charge in [-0.2, -0.15) is 0 Å². The van der Waals surface area contributed by atoms with Gasteiger partial charge in [-0.25, -0.2) is 4.79 Å². The minimum Gasteiger partial charge on any atom is -0.507 e. The predicted molar refractivity (Wildman–Crippen MR) is 97.2 cm³/mol. The number of carboxylic acid groups (broad SMARTS) is 1. The van der Waals surface area contributed by atoms with Crippen molar-refractivity contribution in [3.05, 3.63) is 76.2 Å². The molecule has 0 aromatic heterocycles. The standard InChI is InChI=1S/C20H14O5S/c21-15-7-5-11(9-14(15)20(23)24)16-8-6-12(25-16)10-18-19(22)13-3-1-2-4-17(13)26-18/h1-5,7-10,12,21H,6H2,(H,23,24)/b18-10+. The lowest BCUT2D eigenvalue weighted by Gasteiger charge is -2.11. The van der Waals surface area contributed by atoms with E-state index in [0.717, 1.165) is 4.90 Å². The molecular formula is C20H14O5S. The highest BCUT2D eigenvalue weighted by Crippen LogP contribution is 2.41. The van der Waals surface area contributed by atoms with Gasteiger partial charge in [0.15, 0.2) is 0 Å². The van der Waals surface area contributed by atoms with Crippen LogP contribution < -0.4 is 0 Å². The summed E-state index contributed by atoms with van der Waals surface area (Å²) < 4.78 is 5.88. The molecule has 0 fully saturated rings. The number of allylic oxidation sites excluding steroid dienone is 1. The van der Waals surface area contributed by atoms with Crippen LogP contribution in [-0.4, -0.2) is 28.1 Å². The zero-order valence-electron chi connectivity index (χ0n) is 13.5. The summed E-state index contributed by atoms with van der Waals surface area (Å²) in [6.45, 7) is 0. The average Bonchev–Trinajstić information content (AvgIpc) is 3.21. The Hall–Kier alpha value is -2.99. The molecule has 0 saturated carbocycles. The van der Waals surface area contributed by atoms with Gasteiger partial charge < -0.3 is 14.9 Å². The van der Waals surface area contributed by atoms with Crippen molar-refractivity contribution in [2.45, 2.75) is 17.4 Å². The van der Waals surface area contributed by atoms with Crippen LogP contribution in [0.2, 0.25) is 0 Å².